The van der Waals surface area contributed by atoms with E-state index in [1.165, 1.54) is 29.7 Å². The van der Waals surface area contributed by atoms with E-state index in [0.717, 1.165) is 19.3 Å². The van der Waals surface area contributed by atoms with Gasteiger partial charge in [-0.25, -0.2) is 4.79 Å². The molecule has 0 bridgehead atoms. The number of fused-ring (bicyclic) bond motifs is 1. The van der Waals surface area contributed by atoms with Gasteiger partial charge in [0.2, 0.25) is 0 Å². The molecule has 1 aliphatic rings. The molecule has 4 nitrogen and oxygen atoms in total. The van der Waals surface area contributed by atoms with E-state index in [2.05, 4.69) is 28.7 Å². The fourth-order valence-corrected chi connectivity index (χ4v) is 2.11. The number of nitrogens with two attached hydrogens (primary N) is 1. The average molecular weight is 259 g/mol. The van der Waals surface area contributed by atoms with Crippen molar-refractivity contribution in [2.45, 2.75) is 25.3 Å². The highest BCUT2D eigenvalue weighted by molar-refractivity contribution is 5.86. The predicted molar refractivity (Wildman–Crippen MR) is 72.1 cm³/mol. The fraction of sp³-hybridized carbons (Fsp3) is 0.267. The number of aryl methyl sites for hydroxylation is 1. The van der Waals surface area contributed by atoms with E-state index in [0.29, 0.717) is 6.04 Å². The molecule has 1 heterocycles. The molecule has 1 aromatic heterocycles. The molecular weight excluding hydrogens is 242 g/mol. The first-order chi connectivity index (χ1) is 9.16. The third-order valence-electron chi connectivity index (χ3n) is 3.15. The summed E-state index contributed by atoms with van der Waals surface area (Å²) < 4.78 is 4.49. The quantitative estimate of drug-likeness (QED) is 0.824. The Labute approximate surface area is 111 Å². The van der Waals surface area contributed by atoms with Gasteiger partial charge < -0.3 is 15.3 Å². The molecule has 3 rings (SSSR count). The molecule has 0 fully saturated rings. The minimum Gasteiger partial charge on any atom is -0.478 e. The Morgan fingerprint density at radius 1 is 1.26 bits per heavy atom. The summed E-state index contributed by atoms with van der Waals surface area (Å²) in [6.07, 6.45) is 5.89. The fourth-order valence-electron chi connectivity index (χ4n) is 2.11. The monoisotopic (exact) mass is 259 g/mol. The van der Waals surface area contributed by atoms with Gasteiger partial charge in [-0.3, -0.25) is 0 Å². The molecule has 0 amide bonds. The van der Waals surface area contributed by atoms with Crippen LogP contribution < -0.4 is 5.73 Å². The SMILES string of the molecule is NC1CCc2ccccc2C1.O=C(O)c1ccoc1. The molecule has 4 heteroatoms. The zero-order valence-electron chi connectivity index (χ0n) is 10.6. The van der Waals surface area contributed by atoms with Gasteiger partial charge in [-0.2, -0.15) is 0 Å². The number of carbonyl (C=O) groups is 1. The number of benzene rings is 1. The van der Waals surface area contributed by atoms with E-state index >= 15 is 0 Å². The molecule has 0 radical (unpaired) electrons. The highest BCUT2D eigenvalue weighted by Gasteiger charge is 2.13. The maximum atomic E-state index is 10.0. The first kappa shape index (κ1) is 13.4. The van der Waals surface area contributed by atoms with Gasteiger partial charge in [-0.1, -0.05) is 24.3 Å². The summed E-state index contributed by atoms with van der Waals surface area (Å²) in [6, 6.07) is 10.4. The summed E-state index contributed by atoms with van der Waals surface area (Å²) in [4.78, 5) is 10.0. The maximum Gasteiger partial charge on any atom is 0.338 e. The molecule has 1 atom stereocenters. The van der Waals surface area contributed by atoms with Crippen molar-refractivity contribution in [3.63, 3.8) is 0 Å². The van der Waals surface area contributed by atoms with Crippen molar-refractivity contribution in [1.82, 2.24) is 0 Å². The van der Waals surface area contributed by atoms with E-state index in [1.54, 1.807) is 0 Å². The topological polar surface area (TPSA) is 76.5 Å². The molecule has 0 aliphatic heterocycles. The normalized spacial score (nSPS) is 17.0. The number of rotatable bonds is 1. The Morgan fingerprint density at radius 2 is 2.00 bits per heavy atom. The van der Waals surface area contributed by atoms with Gasteiger partial charge in [0.1, 0.15) is 6.26 Å². The van der Waals surface area contributed by atoms with E-state index in [9.17, 15) is 4.79 Å². The van der Waals surface area contributed by atoms with Crippen LogP contribution in [0.25, 0.3) is 0 Å². The van der Waals surface area contributed by atoms with Crippen LogP contribution in [0.1, 0.15) is 27.9 Å². The van der Waals surface area contributed by atoms with Crippen LogP contribution in [-0.4, -0.2) is 17.1 Å². The van der Waals surface area contributed by atoms with Crippen molar-refractivity contribution in [3.8, 4) is 0 Å². The number of furan rings is 1. The van der Waals surface area contributed by atoms with Crippen molar-refractivity contribution >= 4 is 5.97 Å². The highest BCUT2D eigenvalue weighted by Crippen LogP contribution is 2.19. The lowest BCUT2D eigenvalue weighted by atomic mass is 9.89. The molecule has 19 heavy (non-hydrogen) atoms. The zero-order chi connectivity index (χ0) is 13.7. The van der Waals surface area contributed by atoms with Gasteiger partial charge >= 0.3 is 5.97 Å². The van der Waals surface area contributed by atoms with Crippen molar-refractivity contribution in [2.24, 2.45) is 5.73 Å². The van der Waals surface area contributed by atoms with Crippen molar-refractivity contribution in [1.29, 1.82) is 0 Å². The van der Waals surface area contributed by atoms with Gasteiger partial charge in [-0.15, -0.1) is 0 Å². The van der Waals surface area contributed by atoms with Gasteiger partial charge in [-0.05, 0) is 36.5 Å². The zero-order valence-corrected chi connectivity index (χ0v) is 10.6. The number of carboxylic acids is 1. The summed E-state index contributed by atoms with van der Waals surface area (Å²) >= 11 is 0. The average Bonchev–Trinajstić information content (AvgIpc) is 2.93. The lowest BCUT2D eigenvalue weighted by molar-refractivity contribution is 0.0696. The van der Waals surface area contributed by atoms with Crippen LogP contribution >= 0.6 is 0 Å². The van der Waals surface area contributed by atoms with Crippen molar-refractivity contribution in [3.05, 3.63) is 59.5 Å². The Morgan fingerprint density at radius 3 is 2.58 bits per heavy atom. The van der Waals surface area contributed by atoms with Crippen LogP contribution in [0.5, 0.6) is 0 Å². The number of aromatic carboxylic acids is 1. The first-order valence-corrected chi connectivity index (χ1v) is 6.24. The Kier molecular flexibility index (Phi) is 4.36. The van der Waals surface area contributed by atoms with Crippen LogP contribution in [0.2, 0.25) is 0 Å². The largest absolute Gasteiger partial charge is 0.478 e. The van der Waals surface area contributed by atoms with E-state index in [4.69, 9.17) is 10.8 Å². The molecule has 2 aromatic rings. The van der Waals surface area contributed by atoms with Gasteiger partial charge in [0.05, 0.1) is 11.8 Å². The number of hydrogen-bond acceptors (Lipinski definition) is 3. The Balaban J connectivity index is 0.000000148. The summed E-state index contributed by atoms with van der Waals surface area (Å²) in [5.41, 5.74) is 8.98. The number of carboxylic acid groups (broad SMARTS) is 1. The highest BCUT2D eigenvalue weighted by atomic mass is 16.4. The second-order valence-corrected chi connectivity index (χ2v) is 4.59. The molecule has 0 saturated heterocycles. The number of hydrogen-bond donors (Lipinski definition) is 2. The molecule has 0 spiro atoms. The smallest absolute Gasteiger partial charge is 0.338 e. The molecule has 1 unspecified atom stereocenters. The van der Waals surface area contributed by atoms with Crippen molar-refractivity contribution in [2.75, 3.05) is 0 Å². The van der Waals surface area contributed by atoms with Gasteiger partial charge in [0.25, 0.3) is 0 Å². The summed E-state index contributed by atoms with van der Waals surface area (Å²) in [6.45, 7) is 0. The molecule has 0 saturated carbocycles. The molecule has 1 aromatic carbocycles. The predicted octanol–water partition coefficient (Wildman–Crippen LogP) is 2.48. The summed E-state index contributed by atoms with van der Waals surface area (Å²) in [5, 5.41) is 8.21. The molecule has 1 aliphatic carbocycles. The lowest BCUT2D eigenvalue weighted by Crippen LogP contribution is -2.27. The summed E-state index contributed by atoms with van der Waals surface area (Å²) in [7, 11) is 0. The first-order valence-electron chi connectivity index (χ1n) is 6.24. The molecule has 3 N–H and O–H groups in total. The second kappa shape index (κ2) is 6.20. The molecule has 100 valence electrons. The van der Waals surface area contributed by atoms with E-state index in [-0.39, 0.29) is 5.56 Å². The van der Waals surface area contributed by atoms with Gasteiger partial charge in [0, 0.05) is 6.04 Å². The maximum absolute atomic E-state index is 10.0. The van der Waals surface area contributed by atoms with Crippen LogP contribution in [0.15, 0.2) is 47.3 Å². The standard InChI is InChI=1S/C10H13N.C5H4O3/c11-10-6-5-8-3-1-2-4-9(8)7-10;6-5(7)4-1-2-8-3-4/h1-4,10H,5-7,11H2;1-3H,(H,6,7). The summed E-state index contributed by atoms with van der Waals surface area (Å²) in [5.74, 6) is -0.959. The van der Waals surface area contributed by atoms with Crippen LogP contribution in [0.4, 0.5) is 0 Å². The van der Waals surface area contributed by atoms with Gasteiger partial charge in [0.15, 0.2) is 0 Å². The molecular formula is C15H17NO3. The van der Waals surface area contributed by atoms with Crippen LogP contribution in [-0.2, 0) is 12.8 Å². The second-order valence-electron chi connectivity index (χ2n) is 4.59. The van der Waals surface area contributed by atoms with Crippen LogP contribution in [0.3, 0.4) is 0 Å². The lowest BCUT2D eigenvalue weighted by Gasteiger charge is -2.20. The van der Waals surface area contributed by atoms with Crippen LogP contribution in [0, 0.1) is 0 Å². The van der Waals surface area contributed by atoms with E-state index in [1.807, 2.05) is 0 Å². The Hall–Kier alpha value is -2.07. The van der Waals surface area contributed by atoms with Crippen molar-refractivity contribution < 1.29 is 14.3 Å². The van der Waals surface area contributed by atoms with E-state index < -0.39 is 5.97 Å². The third kappa shape index (κ3) is 3.69. The third-order valence-corrected chi connectivity index (χ3v) is 3.15. The minimum absolute atomic E-state index is 0.185. The Bertz CT molecular complexity index is 534. The minimum atomic E-state index is -0.959.